The lowest BCUT2D eigenvalue weighted by Crippen LogP contribution is -2.12. The number of para-hydroxylation sites is 1. The number of rotatable bonds is 4. The SMILES string of the molecule is NC(=O)c1ccccc1Oc1cncc(C=O)c1. The van der Waals surface area contributed by atoms with Crippen LogP contribution < -0.4 is 10.5 Å². The number of ether oxygens (including phenoxy) is 1. The predicted octanol–water partition coefficient (Wildman–Crippen LogP) is 1.79. The maximum atomic E-state index is 11.2. The third-order valence-electron chi connectivity index (χ3n) is 2.25. The number of hydrogen-bond donors (Lipinski definition) is 1. The van der Waals surface area contributed by atoms with Crippen molar-refractivity contribution in [1.82, 2.24) is 4.98 Å². The van der Waals surface area contributed by atoms with E-state index in [9.17, 15) is 9.59 Å². The monoisotopic (exact) mass is 242 g/mol. The zero-order valence-electron chi connectivity index (χ0n) is 9.37. The zero-order chi connectivity index (χ0) is 13.0. The largest absolute Gasteiger partial charge is 0.455 e. The van der Waals surface area contributed by atoms with E-state index in [-0.39, 0.29) is 5.56 Å². The van der Waals surface area contributed by atoms with Crippen molar-refractivity contribution in [2.45, 2.75) is 0 Å². The highest BCUT2D eigenvalue weighted by atomic mass is 16.5. The summed E-state index contributed by atoms with van der Waals surface area (Å²) in [6, 6.07) is 8.12. The molecule has 0 aliphatic carbocycles. The Kier molecular flexibility index (Phi) is 3.33. The average molecular weight is 242 g/mol. The van der Waals surface area contributed by atoms with Crippen molar-refractivity contribution in [3.8, 4) is 11.5 Å². The lowest BCUT2D eigenvalue weighted by atomic mass is 10.2. The molecule has 0 aliphatic rings. The molecule has 0 bridgehead atoms. The molecule has 18 heavy (non-hydrogen) atoms. The van der Waals surface area contributed by atoms with E-state index in [1.165, 1.54) is 18.5 Å². The third-order valence-corrected chi connectivity index (χ3v) is 2.25. The molecule has 0 aliphatic heterocycles. The van der Waals surface area contributed by atoms with Gasteiger partial charge >= 0.3 is 0 Å². The quantitative estimate of drug-likeness (QED) is 0.828. The molecule has 0 atom stereocenters. The van der Waals surface area contributed by atoms with E-state index in [1.807, 2.05) is 0 Å². The van der Waals surface area contributed by atoms with E-state index in [4.69, 9.17) is 10.5 Å². The summed E-state index contributed by atoms with van der Waals surface area (Å²) >= 11 is 0. The molecule has 5 heteroatoms. The topological polar surface area (TPSA) is 82.3 Å². The molecule has 1 heterocycles. The first-order valence-electron chi connectivity index (χ1n) is 5.17. The van der Waals surface area contributed by atoms with Gasteiger partial charge in [-0.1, -0.05) is 12.1 Å². The van der Waals surface area contributed by atoms with Crippen LogP contribution in [0.5, 0.6) is 11.5 Å². The summed E-state index contributed by atoms with van der Waals surface area (Å²) < 4.78 is 5.49. The molecule has 90 valence electrons. The van der Waals surface area contributed by atoms with Crippen LogP contribution in [-0.2, 0) is 0 Å². The van der Waals surface area contributed by atoms with Gasteiger partial charge in [-0.25, -0.2) is 0 Å². The highest BCUT2D eigenvalue weighted by Crippen LogP contribution is 2.24. The van der Waals surface area contributed by atoms with Crippen molar-refractivity contribution < 1.29 is 14.3 Å². The number of nitrogens with two attached hydrogens (primary N) is 1. The van der Waals surface area contributed by atoms with Crippen LogP contribution in [0.3, 0.4) is 0 Å². The molecular formula is C13H10N2O3. The summed E-state index contributed by atoms with van der Waals surface area (Å²) in [5.74, 6) is 0.119. The van der Waals surface area contributed by atoms with E-state index in [0.717, 1.165) is 0 Å². The Balaban J connectivity index is 2.33. The zero-order valence-corrected chi connectivity index (χ0v) is 9.37. The van der Waals surface area contributed by atoms with Crippen LogP contribution in [0.25, 0.3) is 0 Å². The number of carbonyl (C=O) groups is 2. The van der Waals surface area contributed by atoms with Gasteiger partial charge in [0.25, 0.3) is 5.91 Å². The number of carbonyl (C=O) groups excluding carboxylic acids is 2. The smallest absolute Gasteiger partial charge is 0.252 e. The molecule has 2 N–H and O–H groups in total. The minimum absolute atomic E-state index is 0.272. The molecule has 2 aromatic rings. The minimum atomic E-state index is -0.579. The summed E-state index contributed by atoms with van der Waals surface area (Å²) in [6.07, 6.45) is 3.53. The summed E-state index contributed by atoms with van der Waals surface area (Å²) in [4.78, 5) is 25.7. The van der Waals surface area contributed by atoms with Gasteiger partial charge in [-0.15, -0.1) is 0 Å². The molecule has 1 amide bonds. The number of benzene rings is 1. The molecule has 1 aromatic carbocycles. The van der Waals surface area contributed by atoms with Crippen LogP contribution in [0.15, 0.2) is 42.7 Å². The highest BCUT2D eigenvalue weighted by Gasteiger charge is 2.09. The molecule has 2 rings (SSSR count). The Morgan fingerprint density at radius 3 is 2.78 bits per heavy atom. The van der Waals surface area contributed by atoms with Crippen molar-refractivity contribution in [1.29, 1.82) is 0 Å². The van der Waals surface area contributed by atoms with Gasteiger partial charge in [0.2, 0.25) is 0 Å². The lowest BCUT2D eigenvalue weighted by Gasteiger charge is -2.08. The summed E-state index contributed by atoms with van der Waals surface area (Å²) in [5.41, 5.74) is 5.90. The van der Waals surface area contributed by atoms with Crippen LogP contribution in [-0.4, -0.2) is 17.2 Å². The van der Waals surface area contributed by atoms with Gasteiger partial charge in [-0.05, 0) is 18.2 Å². The van der Waals surface area contributed by atoms with E-state index < -0.39 is 5.91 Å². The highest BCUT2D eigenvalue weighted by molar-refractivity contribution is 5.95. The molecule has 0 unspecified atom stereocenters. The Hall–Kier alpha value is -2.69. The van der Waals surface area contributed by atoms with Crippen LogP contribution in [0, 0.1) is 0 Å². The second kappa shape index (κ2) is 5.09. The van der Waals surface area contributed by atoms with Crippen molar-refractivity contribution in [3.63, 3.8) is 0 Å². The Bertz CT molecular complexity index is 596. The van der Waals surface area contributed by atoms with Crippen LogP contribution in [0.4, 0.5) is 0 Å². The van der Waals surface area contributed by atoms with Gasteiger partial charge in [0, 0.05) is 11.8 Å². The molecule has 0 fully saturated rings. The molecule has 1 aromatic heterocycles. The summed E-state index contributed by atoms with van der Waals surface area (Å²) in [5, 5.41) is 0. The van der Waals surface area contributed by atoms with Crippen LogP contribution in [0.1, 0.15) is 20.7 Å². The van der Waals surface area contributed by atoms with E-state index in [0.29, 0.717) is 23.3 Å². The fraction of sp³-hybridized carbons (Fsp3) is 0. The number of aldehydes is 1. The van der Waals surface area contributed by atoms with E-state index >= 15 is 0 Å². The first-order valence-corrected chi connectivity index (χ1v) is 5.17. The van der Waals surface area contributed by atoms with Gasteiger partial charge < -0.3 is 10.5 Å². The van der Waals surface area contributed by atoms with Crippen molar-refractivity contribution in [3.05, 3.63) is 53.9 Å². The van der Waals surface area contributed by atoms with Gasteiger partial charge in [-0.3, -0.25) is 14.6 Å². The second-order valence-electron chi connectivity index (χ2n) is 3.53. The van der Waals surface area contributed by atoms with E-state index in [1.54, 1.807) is 24.3 Å². The van der Waals surface area contributed by atoms with Gasteiger partial charge in [0.1, 0.15) is 11.5 Å². The fourth-order valence-corrected chi connectivity index (χ4v) is 1.44. The van der Waals surface area contributed by atoms with Crippen molar-refractivity contribution in [2.75, 3.05) is 0 Å². The standard InChI is InChI=1S/C13H10N2O3/c14-13(17)11-3-1-2-4-12(11)18-10-5-9(8-16)6-15-7-10/h1-8H,(H2,14,17). The number of hydrogen-bond acceptors (Lipinski definition) is 4. The van der Waals surface area contributed by atoms with Gasteiger partial charge in [-0.2, -0.15) is 0 Å². The van der Waals surface area contributed by atoms with Gasteiger partial charge in [0.15, 0.2) is 6.29 Å². The van der Waals surface area contributed by atoms with Gasteiger partial charge in [0.05, 0.1) is 11.8 Å². The Labute approximate surface area is 103 Å². The van der Waals surface area contributed by atoms with Crippen LogP contribution >= 0.6 is 0 Å². The molecule has 0 saturated heterocycles. The normalized spacial score (nSPS) is 9.78. The predicted molar refractivity (Wildman–Crippen MR) is 64.7 cm³/mol. The first kappa shape index (κ1) is 11.8. The lowest BCUT2D eigenvalue weighted by molar-refractivity contribution is 0.0997. The second-order valence-corrected chi connectivity index (χ2v) is 3.53. The summed E-state index contributed by atoms with van der Waals surface area (Å²) in [7, 11) is 0. The average Bonchev–Trinajstić information content (AvgIpc) is 2.39. The maximum absolute atomic E-state index is 11.2. The number of primary amides is 1. The number of amides is 1. The van der Waals surface area contributed by atoms with Crippen molar-refractivity contribution in [2.24, 2.45) is 5.73 Å². The molecule has 0 spiro atoms. The van der Waals surface area contributed by atoms with Crippen molar-refractivity contribution >= 4 is 12.2 Å². The minimum Gasteiger partial charge on any atom is -0.455 e. The number of nitrogens with zero attached hydrogens (tertiary/aromatic N) is 1. The summed E-state index contributed by atoms with van der Waals surface area (Å²) in [6.45, 7) is 0. The Morgan fingerprint density at radius 1 is 1.28 bits per heavy atom. The number of pyridine rings is 1. The van der Waals surface area contributed by atoms with E-state index in [2.05, 4.69) is 4.98 Å². The van der Waals surface area contributed by atoms with Crippen LogP contribution in [0.2, 0.25) is 0 Å². The molecular weight excluding hydrogens is 232 g/mol. The molecule has 5 nitrogen and oxygen atoms in total. The maximum Gasteiger partial charge on any atom is 0.252 e. The molecule has 0 radical (unpaired) electrons. The molecule has 0 saturated carbocycles. The fourth-order valence-electron chi connectivity index (χ4n) is 1.44. The third kappa shape index (κ3) is 2.52. The Morgan fingerprint density at radius 2 is 2.06 bits per heavy atom. The number of aromatic nitrogens is 1. The first-order chi connectivity index (χ1) is 8.70.